The number of aryl methyl sites for hydroxylation is 3. The zero-order valence-corrected chi connectivity index (χ0v) is 21.8. The SMILES string of the molecule is CC(=O)C[C@H](NC(=O)[C@H](CC(C)C)n1ccc(C)cc1=O)c1cncc(-c2c(C)cc(F)cc2C)c1. The van der Waals surface area contributed by atoms with Gasteiger partial charge in [0.1, 0.15) is 17.6 Å². The second kappa shape index (κ2) is 11.4. The zero-order chi connectivity index (χ0) is 26.6. The lowest BCUT2D eigenvalue weighted by Gasteiger charge is -2.25. The van der Waals surface area contributed by atoms with Gasteiger partial charge in [-0.2, -0.15) is 0 Å². The van der Waals surface area contributed by atoms with Crippen LogP contribution in [0.15, 0.2) is 53.7 Å². The minimum absolute atomic E-state index is 0.0788. The van der Waals surface area contributed by atoms with E-state index in [4.69, 9.17) is 0 Å². The minimum Gasteiger partial charge on any atom is -0.347 e. The highest BCUT2D eigenvalue weighted by Gasteiger charge is 2.26. The molecule has 0 spiro atoms. The number of nitrogens with one attached hydrogen (secondary N) is 1. The molecule has 1 aromatic carbocycles. The Kier molecular flexibility index (Phi) is 8.56. The van der Waals surface area contributed by atoms with Gasteiger partial charge >= 0.3 is 0 Å². The summed E-state index contributed by atoms with van der Waals surface area (Å²) in [7, 11) is 0. The number of Topliss-reactive ketones (excluding diaryl/α,β-unsaturated/α-hetero) is 1. The third-order valence-corrected chi connectivity index (χ3v) is 6.19. The standard InChI is InChI=1S/C29H34FN3O3/c1-17(2)9-26(33-8-7-18(3)10-27(33)35)29(36)32-25(13-21(6)34)22-14-23(16-31-15-22)28-19(4)11-24(30)12-20(28)5/h7-8,10-12,14-17,25-26H,9,13H2,1-6H3,(H,32,36)/t25-,26-/m0/s1. The second-order valence-corrected chi connectivity index (χ2v) is 9.98. The van der Waals surface area contributed by atoms with E-state index in [0.717, 1.165) is 27.8 Å². The van der Waals surface area contributed by atoms with Crippen LogP contribution < -0.4 is 10.9 Å². The van der Waals surface area contributed by atoms with E-state index in [1.54, 1.807) is 24.7 Å². The van der Waals surface area contributed by atoms with Crippen molar-refractivity contribution in [2.75, 3.05) is 0 Å². The van der Waals surface area contributed by atoms with Gasteiger partial charge in [0.2, 0.25) is 5.91 Å². The predicted octanol–water partition coefficient (Wildman–Crippen LogP) is 5.40. The van der Waals surface area contributed by atoms with Crippen molar-refractivity contribution < 1.29 is 14.0 Å². The van der Waals surface area contributed by atoms with E-state index >= 15 is 0 Å². The normalized spacial score (nSPS) is 12.9. The van der Waals surface area contributed by atoms with Crippen molar-refractivity contribution in [2.24, 2.45) is 5.92 Å². The van der Waals surface area contributed by atoms with Gasteiger partial charge in [0.25, 0.3) is 5.56 Å². The highest BCUT2D eigenvalue weighted by Crippen LogP contribution is 2.30. The molecule has 0 saturated heterocycles. The molecule has 3 rings (SSSR count). The molecule has 0 saturated carbocycles. The molecule has 0 unspecified atom stereocenters. The van der Waals surface area contributed by atoms with E-state index in [2.05, 4.69) is 10.3 Å². The number of hydrogen-bond acceptors (Lipinski definition) is 4. The summed E-state index contributed by atoms with van der Waals surface area (Å²) >= 11 is 0. The summed E-state index contributed by atoms with van der Waals surface area (Å²) in [6, 6.07) is 6.79. The van der Waals surface area contributed by atoms with Crippen LogP contribution in [0.3, 0.4) is 0 Å². The van der Waals surface area contributed by atoms with Crippen LogP contribution in [0.5, 0.6) is 0 Å². The molecule has 2 aromatic heterocycles. The number of ketones is 1. The maximum absolute atomic E-state index is 13.9. The Bertz CT molecular complexity index is 1310. The molecule has 2 atom stereocenters. The summed E-state index contributed by atoms with van der Waals surface area (Å²) in [6.07, 6.45) is 5.51. The fourth-order valence-corrected chi connectivity index (χ4v) is 4.60. The van der Waals surface area contributed by atoms with Crippen molar-refractivity contribution in [2.45, 2.75) is 66.5 Å². The number of amides is 1. The molecule has 0 aliphatic heterocycles. The Morgan fingerprint density at radius 3 is 2.31 bits per heavy atom. The van der Waals surface area contributed by atoms with Gasteiger partial charge in [-0.05, 0) is 92.1 Å². The first-order chi connectivity index (χ1) is 17.0. The highest BCUT2D eigenvalue weighted by molar-refractivity contribution is 5.83. The number of benzene rings is 1. The molecule has 36 heavy (non-hydrogen) atoms. The van der Waals surface area contributed by atoms with Crippen molar-refractivity contribution in [3.8, 4) is 11.1 Å². The second-order valence-electron chi connectivity index (χ2n) is 9.98. The van der Waals surface area contributed by atoms with Crippen molar-refractivity contribution in [1.82, 2.24) is 14.9 Å². The third-order valence-electron chi connectivity index (χ3n) is 6.19. The summed E-state index contributed by atoms with van der Waals surface area (Å²) in [6.45, 7) is 11.0. The molecule has 1 N–H and O–H groups in total. The molecule has 0 fully saturated rings. The van der Waals surface area contributed by atoms with Gasteiger partial charge in [-0.25, -0.2) is 4.39 Å². The minimum atomic E-state index is -0.717. The van der Waals surface area contributed by atoms with Crippen molar-refractivity contribution in [3.63, 3.8) is 0 Å². The first kappa shape index (κ1) is 27.0. The number of rotatable bonds is 9. The summed E-state index contributed by atoms with van der Waals surface area (Å²) < 4.78 is 15.3. The molecule has 7 heteroatoms. The Morgan fingerprint density at radius 1 is 1.06 bits per heavy atom. The summed E-state index contributed by atoms with van der Waals surface area (Å²) in [5, 5.41) is 3.01. The van der Waals surface area contributed by atoms with Gasteiger partial charge in [-0.15, -0.1) is 0 Å². The average Bonchev–Trinajstić information content (AvgIpc) is 2.76. The van der Waals surface area contributed by atoms with Crippen LogP contribution in [0.4, 0.5) is 4.39 Å². The topological polar surface area (TPSA) is 81.1 Å². The van der Waals surface area contributed by atoms with E-state index in [1.807, 2.05) is 40.7 Å². The van der Waals surface area contributed by atoms with Gasteiger partial charge < -0.3 is 9.88 Å². The maximum Gasteiger partial charge on any atom is 0.251 e. The number of nitrogens with zero attached hydrogens (tertiary/aromatic N) is 2. The molecule has 0 bridgehead atoms. The van der Waals surface area contributed by atoms with E-state index in [-0.39, 0.29) is 35.4 Å². The van der Waals surface area contributed by atoms with Gasteiger partial charge in [0, 0.05) is 36.6 Å². The molecular weight excluding hydrogens is 457 g/mol. The van der Waals surface area contributed by atoms with Gasteiger partial charge in [-0.1, -0.05) is 13.8 Å². The lowest BCUT2D eigenvalue weighted by molar-refractivity contribution is -0.126. The molecule has 1 amide bonds. The fourth-order valence-electron chi connectivity index (χ4n) is 4.60. The number of carbonyl (C=O) groups is 2. The number of carbonyl (C=O) groups excluding carboxylic acids is 2. The Hall–Kier alpha value is -3.61. The summed E-state index contributed by atoms with van der Waals surface area (Å²) in [4.78, 5) is 42.7. The largest absolute Gasteiger partial charge is 0.347 e. The molecule has 0 radical (unpaired) electrons. The number of halogens is 1. The van der Waals surface area contributed by atoms with Crippen molar-refractivity contribution in [3.05, 3.63) is 87.3 Å². The van der Waals surface area contributed by atoms with E-state index < -0.39 is 12.1 Å². The molecule has 0 aliphatic rings. The zero-order valence-electron chi connectivity index (χ0n) is 21.8. The number of hydrogen-bond donors (Lipinski definition) is 1. The summed E-state index contributed by atoms with van der Waals surface area (Å²) in [5.74, 6) is -0.565. The van der Waals surface area contributed by atoms with Gasteiger partial charge in [-0.3, -0.25) is 19.4 Å². The van der Waals surface area contributed by atoms with Crippen LogP contribution in [0.25, 0.3) is 11.1 Å². The molecule has 0 aliphatic carbocycles. The van der Waals surface area contributed by atoms with Crippen LogP contribution in [-0.2, 0) is 9.59 Å². The highest BCUT2D eigenvalue weighted by atomic mass is 19.1. The number of pyridine rings is 2. The lowest BCUT2D eigenvalue weighted by Crippen LogP contribution is -2.40. The monoisotopic (exact) mass is 491 g/mol. The lowest BCUT2D eigenvalue weighted by atomic mass is 9.93. The van der Waals surface area contributed by atoms with Gasteiger partial charge in [0.05, 0.1) is 6.04 Å². The molecule has 2 heterocycles. The first-order valence-electron chi connectivity index (χ1n) is 12.2. The Labute approximate surface area is 211 Å². The molecular formula is C29H34FN3O3. The molecule has 6 nitrogen and oxygen atoms in total. The van der Waals surface area contributed by atoms with Crippen LogP contribution in [-0.4, -0.2) is 21.2 Å². The van der Waals surface area contributed by atoms with Gasteiger partial charge in [0.15, 0.2) is 0 Å². The van der Waals surface area contributed by atoms with E-state index in [1.165, 1.54) is 29.7 Å². The third kappa shape index (κ3) is 6.53. The predicted molar refractivity (Wildman–Crippen MR) is 139 cm³/mol. The van der Waals surface area contributed by atoms with Crippen LogP contribution in [0, 0.1) is 32.5 Å². The van der Waals surface area contributed by atoms with Crippen LogP contribution in [0.1, 0.15) is 68.0 Å². The van der Waals surface area contributed by atoms with E-state index in [0.29, 0.717) is 12.0 Å². The van der Waals surface area contributed by atoms with Crippen LogP contribution >= 0.6 is 0 Å². The van der Waals surface area contributed by atoms with Crippen molar-refractivity contribution >= 4 is 11.7 Å². The number of aromatic nitrogens is 2. The average molecular weight is 492 g/mol. The maximum atomic E-state index is 13.9. The first-order valence-corrected chi connectivity index (χ1v) is 12.2. The molecule has 3 aromatic rings. The van der Waals surface area contributed by atoms with Crippen LogP contribution in [0.2, 0.25) is 0 Å². The Balaban J connectivity index is 1.99. The fraction of sp³-hybridized carbons (Fsp3) is 0.379. The van der Waals surface area contributed by atoms with E-state index in [9.17, 15) is 18.8 Å². The smallest absolute Gasteiger partial charge is 0.251 e. The quantitative estimate of drug-likeness (QED) is 0.435. The Morgan fingerprint density at radius 2 is 1.72 bits per heavy atom. The molecule has 190 valence electrons. The summed E-state index contributed by atoms with van der Waals surface area (Å²) in [5.41, 5.74) is 4.43. The van der Waals surface area contributed by atoms with Crippen molar-refractivity contribution in [1.29, 1.82) is 0 Å².